The van der Waals surface area contributed by atoms with E-state index in [0.29, 0.717) is 5.88 Å². The van der Waals surface area contributed by atoms with Gasteiger partial charge in [0.25, 0.3) is 0 Å². The lowest BCUT2D eigenvalue weighted by Gasteiger charge is -2.08. The zero-order valence-corrected chi connectivity index (χ0v) is 9.66. The van der Waals surface area contributed by atoms with Crippen LogP contribution in [0.1, 0.15) is 10.4 Å². The molecule has 0 aliphatic carbocycles. The van der Waals surface area contributed by atoms with Crippen molar-refractivity contribution in [1.82, 2.24) is 5.16 Å². The van der Waals surface area contributed by atoms with Crippen molar-refractivity contribution < 1.29 is 4.52 Å². The van der Waals surface area contributed by atoms with Gasteiger partial charge < -0.3 is 10.3 Å². The highest BCUT2D eigenvalue weighted by Crippen LogP contribution is 2.36. The van der Waals surface area contributed by atoms with Crippen LogP contribution in [-0.4, -0.2) is 10.9 Å². The molecule has 0 saturated heterocycles. The third-order valence-electron chi connectivity index (χ3n) is 2.41. The minimum Gasteiger partial charge on any atom is -0.368 e. The van der Waals surface area contributed by atoms with Crippen LogP contribution in [0.5, 0.6) is 0 Å². The highest BCUT2D eigenvalue weighted by molar-refractivity contribution is 7.98. The van der Waals surface area contributed by atoms with E-state index in [1.807, 2.05) is 23.1 Å². The molecule has 0 bridgehead atoms. The number of fused-ring (bicyclic) bond motifs is 1. The van der Waals surface area contributed by atoms with Crippen molar-refractivity contribution in [3.05, 3.63) is 22.6 Å². The molecule has 0 saturated carbocycles. The minimum atomic E-state index is 0.380. The Morgan fingerprint density at radius 1 is 1.40 bits per heavy atom. The molecule has 0 unspecified atom stereocenters. The van der Waals surface area contributed by atoms with Gasteiger partial charge in [0, 0.05) is 16.7 Å². The van der Waals surface area contributed by atoms with Crippen molar-refractivity contribution in [2.75, 3.05) is 11.5 Å². The van der Waals surface area contributed by atoms with Crippen LogP contribution in [-0.2, 0) is 12.2 Å². The fourth-order valence-corrected chi connectivity index (χ4v) is 4.00. The Labute approximate surface area is 95.6 Å². The second-order valence-electron chi connectivity index (χ2n) is 3.48. The third-order valence-corrected chi connectivity index (χ3v) is 4.68. The van der Waals surface area contributed by atoms with Crippen molar-refractivity contribution in [3.8, 4) is 10.6 Å². The maximum atomic E-state index is 5.51. The van der Waals surface area contributed by atoms with Gasteiger partial charge in [0.05, 0.1) is 4.88 Å². The molecular weight excluding hydrogens is 228 g/mol. The molecule has 78 valence electrons. The number of aryl methyl sites for hydroxylation is 1. The van der Waals surface area contributed by atoms with Gasteiger partial charge in [0.2, 0.25) is 5.88 Å². The Balaban J connectivity index is 2.02. The number of nitrogen functional groups attached to an aromatic ring is 1. The Morgan fingerprint density at radius 3 is 3.07 bits per heavy atom. The van der Waals surface area contributed by atoms with Crippen molar-refractivity contribution in [2.24, 2.45) is 0 Å². The van der Waals surface area contributed by atoms with E-state index in [9.17, 15) is 0 Å². The molecule has 2 aromatic rings. The van der Waals surface area contributed by atoms with Crippen molar-refractivity contribution in [2.45, 2.75) is 12.2 Å². The fraction of sp³-hybridized carbons (Fsp3) is 0.300. The molecule has 2 aromatic heterocycles. The maximum absolute atomic E-state index is 5.51. The van der Waals surface area contributed by atoms with Gasteiger partial charge in [0.1, 0.15) is 5.69 Å². The van der Waals surface area contributed by atoms with Crippen LogP contribution in [0.2, 0.25) is 0 Å². The quantitative estimate of drug-likeness (QED) is 0.830. The van der Waals surface area contributed by atoms with Crippen LogP contribution in [0, 0.1) is 0 Å². The molecule has 3 heterocycles. The first-order valence-corrected chi connectivity index (χ1v) is 6.72. The predicted molar refractivity (Wildman–Crippen MR) is 64.1 cm³/mol. The molecule has 0 radical (unpaired) electrons. The van der Waals surface area contributed by atoms with E-state index >= 15 is 0 Å². The number of rotatable bonds is 1. The molecule has 0 aromatic carbocycles. The van der Waals surface area contributed by atoms with Gasteiger partial charge in [-0.1, -0.05) is 5.16 Å². The first kappa shape index (κ1) is 9.30. The molecule has 5 heteroatoms. The zero-order chi connectivity index (χ0) is 10.3. The Morgan fingerprint density at radius 2 is 2.33 bits per heavy atom. The van der Waals surface area contributed by atoms with Gasteiger partial charge in [-0.05, 0) is 23.8 Å². The molecule has 0 amide bonds. The van der Waals surface area contributed by atoms with Crippen LogP contribution in [0.3, 0.4) is 0 Å². The fourth-order valence-electron chi connectivity index (χ4n) is 1.68. The van der Waals surface area contributed by atoms with Gasteiger partial charge in [-0.15, -0.1) is 11.3 Å². The number of anilines is 1. The first-order chi connectivity index (χ1) is 7.33. The molecule has 3 nitrogen and oxygen atoms in total. The van der Waals surface area contributed by atoms with Gasteiger partial charge in [-0.2, -0.15) is 11.8 Å². The number of nitrogens with zero attached hydrogens (tertiary/aromatic N) is 1. The average Bonchev–Trinajstić information content (AvgIpc) is 2.82. The summed E-state index contributed by atoms with van der Waals surface area (Å²) in [5.41, 5.74) is 7.82. The van der Waals surface area contributed by atoms with E-state index in [0.717, 1.165) is 11.4 Å². The number of nitrogens with two attached hydrogens (primary N) is 1. The number of hydrogen-bond acceptors (Lipinski definition) is 5. The summed E-state index contributed by atoms with van der Waals surface area (Å²) in [6.45, 7) is 0. The van der Waals surface area contributed by atoms with Crippen LogP contribution >= 0.6 is 23.1 Å². The molecule has 0 atom stereocenters. The van der Waals surface area contributed by atoms with Crippen LogP contribution < -0.4 is 5.73 Å². The number of thiophene rings is 1. The van der Waals surface area contributed by atoms with Gasteiger partial charge in [-0.3, -0.25) is 0 Å². The molecular formula is C10H10N2OS2. The van der Waals surface area contributed by atoms with Crippen molar-refractivity contribution in [1.29, 1.82) is 0 Å². The van der Waals surface area contributed by atoms with E-state index in [-0.39, 0.29) is 0 Å². The smallest absolute Gasteiger partial charge is 0.222 e. The van der Waals surface area contributed by atoms with Crippen LogP contribution in [0.15, 0.2) is 16.7 Å². The number of hydrogen-bond donors (Lipinski definition) is 1. The van der Waals surface area contributed by atoms with Crippen LogP contribution in [0.4, 0.5) is 5.88 Å². The average molecular weight is 238 g/mol. The third kappa shape index (κ3) is 1.66. The molecule has 2 N–H and O–H groups in total. The lowest BCUT2D eigenvalue weighted by Crippen LogP contribution is -1.96. The van der Waals surface area contributed by atoms with E-state index in [1.165, 1.54) is 27.5 Å². The zero-order valence-electron chi connectivity index (χ0n) is 8.03. The van der Waals surface area contributed by atoms with E-state index in [1.54, 1.807) is 6.07 Å². The van der Waals surface area contributed by atoms with E-state index in [2.05, 4.69) is 11.2 Å². The summed E-state index contributed by atoms with van der Waals surface area (Å²) in [7, 11) is 0. The summed E-state index contributed by atoms with van der Waals surface area (Å²) in [5, 5.41) is 3.93. The molecule has 1 aliphatic rings. The monoisotopic (exact) mass is 238 g/mol. The summed E-state index contributed by atoms with van der Waals surface area (Å²) in [5.74, 6) is 2.73. The SMILES string of the molecule is Nc1cc(-c2cc3c(s2)CCSC3)no1. The van der Waals surface area contributed by atoms with Crippen molar-refractivity contribution >= 4 is 29.0 Å². The summed E-state index contributed by atoms with van der Waals surface area (Å²) >= 11 is 3.80. The maximum Gasteiger partial charge on any atom is 0.222 e. The van der Waals surface area contributed by atoms with Crippen molar-refractivity contribution in [3.63, 3.8) is 0 Å². The van der Waals surface area contributed by atoms with Gasteiger partial charge in [0.15, 0.2) is 0 Å². The molecule has 0 spiro atoms. The van der Waals surface area contributed by atoms with E-state index in [4.69, 9.17) is 10.3 Å². The summed E-state index contributed by atoms with van der Waals surface area (Å²) < 4.78 is 4.88. The largest absolute Gasteiger partial charge is 0.368 e. The topological polar surface area (TPSA) is 52.0 Å². The van der Waals surface area contributed by atoms with E-state index < -0.39 is 0 Å². The Kier molecular flexibility index (Phi) is 2.21. The highest BCUT2D eigenvalue weighted by Gasteiger charge is 2.16. The highest BCUT2D eigenvalue weighted by atomic mass is 32.2. The second kappa shape index (κ2) is 3.57. The number of thioether (sulfide) groups is 1. The van der Waals surface area contributed by atoms with Gasteiger partial charge in [-0.25, -0.2) is 0 Å². The van der Waals surface area contributed by atoms with Crippen LogP contribution in [0.25, 0.3) is 10.6 Å². The molecule has 3 rings (SSSR count). The molecule has 1 aliphatic heterocycles. The molecule has 15 heavy (non-hydrogen) atoms. The van der Waals surface area contributed by atoms with Gasteiger partial charge >= 0.3 is 0 Å². The standard InChI is InChI=1S/C10H10N2OS2/c11-10-4-7(12-13-10)9-3-6-5-14-2-1-8(6)15-9/h3-4H,1-2,5,11H2. The Bertz CT molecular complexity index is 466. The Hall–Kier alpha value is -0.940. The molecule has 0 fully saturated rings. The lowest BCUT2D eigenvalue weighted by atomic mass is 10.2. The predicted octanol–water partition coefficient (Wildman–Crippen LogP) is 2.77. The summed E-state index contributed by atoms with van der Waals surface area (Å²) in [4.78, 5) is 2.66. The second-order valence-corrected chi connectivity index (χ2v) is 5.72. The minimum absolute atomic E-state index is 0.380. The normalized spacial score (nSPS) is 15.2. The lowest BCUT2D eigenvalue weighted by molar-refractivity contribution is 0.439. The number of aromatic nitrogens is 1. The first-order valence-electron chi connectivity index (χ1n) is 4.75. The summed E-state index contributed by atoms with van der Waals surface area (Å²) in [6.07, 6.45) is 1.18. The summed E-state index contributed by atoms with van der Waals surface area (Å²) in [6, 6.07) is 3.99.